The molecule has 0 aromatic carbocycles. The van der Waals surface area contributed by atoms with Crippen molar-refractivity contribution in [2.45, 2.75) is 26.0 Å². The topological polar surface area (TPSA) is 75.6 Å². The van der Waals surface area contributed by atoms with Crippen molar-refractivity contribution < 1.29 is 19.4 Å². The Hall–Kier alpha value is -1.26. The number of carboxylic acid groups (broad SMARTS) is 1. The Morgan fingerprint density at radius 2 is 2.25 bits per heavy atom. The number of alkyl carbamates (subject to hydrolysis) is 1. The van der Waals surface area contributed by atoms with Crippen LogP contribution in [0.5, 0.6) is 0 Å². The van der Waals surface area contributed by atoms with Gasteiger partial charge in [-0.15, -0.1) is 0 Å². The molecule has 1 saturated heterocycles. The van der Waals surface area contributed by atoms with Gasteiger partial charge in [-0.25, -0.2) is 9.59 Å². The van der Waals surface area contributed by atoms with Gasteiger partial charge in [-0.1, -0.05) is 13.8 Å². The maximum absolute atomic E-state index is 10.7. The molecule has 1 aliphatic rings. The highest BCUT2D eigenvalue weighted by molar-refractivity contribution is 5.83. The summed E-state index contributed by atoms with van der Waals surface area (Å²) in [6.45, 7) is 3.61. The molecule has 0 bridgehead atoms. The molecule has 1 aliphatic heterocycles. The third kappa shape index (κ3) is 1.49. The van der Waals surface area contributed by atoms with Gasteiger partial charge in [0.15, 0.2) is 6.04 Å². The molecule has 0 spiro atoms. The van der Waals surface area contributed by atoms with Crippen LogP contribution < -0.4 is 5.32 Å². The van der Waals surface area contributed by atoms with Crippen LogP contribution in [0.15, 0.2) is 0 Å². The summed E-state index contributed by atoms with van der Waals surface area (Å²) in [6.07, 6.45) is -1.21. The molecule has 0 aromatic heterocycles. The zero-order valence-electron chi connectivity index (χ0n) is 6.90. The number of carboxylic acids is 1. The number of ether oxygens (including phenoxy) is 1. The smallest absolute Gasteiger partial charge is 0.408 e. The minimum atomic E-state index is -1.06. The average Bonchev–Trinajstić information content (AvgIpc) is 2.31. The molecule has 0 radical (unpaired) electrons. The first kappa shape index (κ1) is 8.83. The minimum absolute atomic E-state index is 0.00468. The predicted octanol–water partition coefficient (Wildman–Crippen LogP) is 0.204. The Morgan fingerprint density at radius 3 is 2.58 bits per heavy atom. The monoisotopic (exact) mass is 173 g/mol. The summed E-state index contributed by atoms with van der Waals surface area (Å²) in [7, 11) is 0. The van der Waals surface area contributed by atoms with E-state index in [4.69, 9.17) is 9.84 Å². The van der Waals surface area contributed by atoms with Crippen LogP contribution in [0.1, 0.15) is 13.8 Å². The number of aliphatic carboxylic acids is 1. The lowest BCUT2D eigenvalue weighted by Gasteiger charge is -2.15. The summed E-state index contributed by atoms with van der Waals surface area (Å²) in [5, 5.41) is 10.9. The fourth-order valence-corrected chi connectivity index (χ4v) is 1.16. The van der Waals surface area contributed by atoms with Gasteiger partial charge in [0.1, 0.15) is 6.10 Å². The zero-order valence-corrected chi connectivity index (χ0v) is 6.90. The van der Waals surface area contributed by atoms with Crippen LogP contribution >= 0.6 is 0 Å². The number of carbonyl (C=O) groups is 2. The maximum atomic E-state index is 10.7. The second-order valence-corrected chi connectivity index (χ2v) is 3.07. The van der Waals surface area contributed by atoms with Gasteiger partial charge in [0.05, 0.1) is 0 Å². The van der Waals surface area contributed by atoms with Gasteiger partial charge in [0.2, 0.25) is 0 Å². The maximum Gasteiger partial charge on any atom is 0.408 e. The molecule has 1 heterocycles. The molecule has 1 fully saturated rings. The highest BCUT2D eigenvalue weighted by Gasteiger charge is 2.40. The summed E-state index contributed by atoms with van der Waals surface area (Å²) in [5.41, 5.74) is 0. The summed E-state index contributed by atoms with van der Waals surface area (Å²) in [4.78, 5) is 21.2. The highest BCUT2D eigenvalue weighted by atomic mass is 16.6. The van der Waals surface area contributed by atoms with E-state index < -0.39 is 24.2 Å². The van der Waals surface area contributed by atoms with Gasteiger partial charge < -0.3 is 15.2 Å². The summed E-state index contributed by atoms with van der Waals surface area (Å²) < 4.78 is 4.77. The Kier molecular flexibility index (Phi) is 2.21. The van der Waals surface area contributed by atoms with E-state index in [2.05, 4.69) is 5.32 Å². The molecule has 1 amide bonds. The first-order chi connectivity index (χ1) is 5.52. The number of rotatable bonds is 2. The second kappa shape index (κ2) is 3.00. The molecule has 2 N–H and O–H groups in total. The Labute approximate surface area is 69.7 Å². The van der Waals surface area contributed by atoms with Crippen LogP contribution in [0.2, 0.25) is 0 Å². The Morgan fingerprint density at radius 1 is 1.67 bits per heavy atom. The third-order valence-corrected chi connectivity index (χ3v) is 1.77. The first-order valence-corrected chi connectivity index (χ1v) is 3.72. The first-order valence-electron chi connectivity index (χ1n) is 3.72. The normalized spacial score (nSPS) is 28.4. The quantitative estimate of drug-likeness (QED) is 0.625. The van der Waals surface area contributed by atoms with Gasteiger partial charge in [-0.3, -0.25) is 0 Å². The van der Waals surface area contributed by atoms with Gasteiger partial charge in [-0.05, 0) is 5.92 Å². The molecule has 0 unspecified atom stereocenters. The van der Waals surface area contributed by atoms with Crippen molar-refractivity contribution in [3.05, 3.63) is 0 Å². The lowest BCUT2D eigenvalue weighted by molar-refractivity contribution is -0.140. The largest absolute Gasteiger partial charge is 0.480 e. The van der Waals surface area contributed by atoms with Gasteiger partial charge in [0.25, 0.3) is 0 Å². The van der Waals surface area contributed by atoms with Crippen LogP contribution in [0, 0.1) is 5.92 Å². The highest BCUT2D eigenvalue weighted by Crippen LogP contribution is 2.17. The predicted molar refractivity (Wildman–Crippen MR) is 39.7 cm³/mol. The van der Waals surface area contributed by atoms with Crippen LogP contribution in [-0.2, 0) is 9.53 Å². The second-order valence-electron chi connectivity index (χ2n) is 3.07. The van der Waals surface area contributed by atoms with Crippen LogP contribution in [0.3, 0.4) is 0 Å². The third-order valence-electron chi connectivity index (χ3n) is 1.77. The van der Waals surface area contributed by atoms with Crippen molar-refractivity contribution in [3.8, 4) is 0 Å². The van der Waals surface area contributed by atoms with E-state index in [0.717, 1.165) is 0 Å². The molecular weight excluding hydrogens is 162 g/mol. The van der Waals surface area contributed by atoms with E-state index in [0.29, 0.717) is 0 Å². The van der Waals surface area contributed by atoms with E-state index in [-0.39, 0.29) is 5.92 Å². The summed E-state index contributed by atoms with van der Waals surface area (Å²) >= 11 is 0. The number of amides is 1. The molecule has 1 rings (SSSR count). The standard InChI is InChI=1S/C7H11NO4/c1-3(2)5-4(6(9)10)8-7(11)12-5/h3-5H,1-2H3,(H,8,11)(H,9,10)/t4-,5-/m1/s1. The van der Waals surface area contributed by atoms with E-state index in [1.54, 1.807) is 13.8 Å². The number of cyclic esters (lactones) is 1. The van der Waals surface area contributed by atoms with E-state index in [1.807, 2.05) is 0 Å². The molecule has 12 heavy (non-hydrogen) atoms. The molecule has 0 aliphatic carbocycles. The van der Waals surface area contributed by atoms with Gasteiger partial charge >= 0.3 is 12.1 Å². The van der Waals surface area contributed by atoms with E-state index in [9.17, 15) is 9.59 Å². The van der Waals surface area contributed by atoms with Gasteiger partial charge in [-0.2, -0.15) is 0 Å². The number of nitrogens with one attached hydrogen (secondary N) is 1. The minimum Gasteiger partial charge on any atom is -0.480 e. The molecule has 2 atom stereocenters. The number of hydrogen-bond acceptors (Lipinski definition) is 3. The number of carbonyl (C=O) groups excluding carboxylic acids is 1. The summed E-state index contributed by atoms with van der Waals surface area (Å²) in [5.74, 6) is -1.05. The lowest BCUT2D eigenvalue weighted by Crippen LogP contribution is -2.41. The van der Waals surface area contributed by atoms with Crippen molar-refractivity contribution in [2.75, 3.05) is 0 Å². The van der Waals surface area contributed by atoms with Crippen LogP contribution in [-0.4, -0.2) is 29.3 Å². The van der Waals surface area contributed by atoms with E-state index in [1.165, 1.54) is 0 Å². The van der Waals surface area contributed by atoms with Crippen LogP contribution in [0.4, 0.5) is 4.79 Å². The van der Waals surface area contributed by atoms with Crippen molar-refractivity contribution in [1.82, 2.24) is 5.32 Å². The molecular formula is C7H11NO4. The fraction of sp³-hybridized carbons (Fsp3) is 0.714. The van der Waals surface area contributed by atoms with Crippen molar-refractivity contribution in [1.29, 1.82) is 0 Å². The van der Waals surface area contributed by atoms with E-state index >= 15 is 0 Å². The summed E-state index contributed by atoms with van der Waals surface area (Å²) in [6, 6.07) is -0.905. The van der Waals surface area contributed by atoms with Crippen molar-refractivity contribution >= 4 is 12.1 Å². The molecule has 0 saturated carbocycles. The average molecular weight is 173 g/mol. The number of hydrogen-bond donors (Lipinski definition) is 2. The molecule has 0 aromatic rings. The van der Waals surface area contributed by atoms with Crippen molar-refractivity contribution in [2.24, 2.45) is 5.92 Å². The van der Waals surface area contributed by atoms with Crippen molar-refractivity contribution in [3.63, 3.8) is 0 Å². The fourth-order valence-electron chi connectivity index (χ4n) is 1.16. The lowest BCUT2D eigenvalue weighted by atomic mass is 10.0. The van der Waals surface area contributed by atoms with Gasteiger partial charge in [0, 0.05) is 0 Å². The zero-order chi connectivity index (χ0) is 9.30. The molecule has 5 heteroatoms. The van der Waals surface area contributed by atoms with Crippen LogP contribution in [0.25, 0.3) is 0 Å². The SMILES string of the molecule is CC(C)[C@H]1OC(=O)N[C@H]1C(=O)O. The molecule has 68 valence electrons. The Balaban J connectivity index is 2.72. The molecule has 5 nitrogen and oxygen atoms in total. The Bertz CT molecular complexity index is 213.